The van der Waals surface area contributed by atoms with Crippen molar-refractivity contribution in [2.75, 3.05) is 0 Å². The van der Waals surface area contributed by atoms with E-state index >= 15 is 0 Å². The van der Waals surface area contributed by atoms with Gasteiger partial charge in [0.05, 0.1) is 5.41 Å². The van der Waals surface area contributed by atoms with Gasteiger partial charge in [0.15, 0.2) is 0 Å². The molecule has 0 aromatic rings. The predicted octanol–water partition coefficient (Wildman–Crippen LogP) is 9.66. The third kappa shape index (κ3) is 7.87. The molecular formula is C32H57O2Sn. The summed E-state index contributed by atoms with van der Waals surface area (Å²) in [5.41, 5.74) is 2.69. The molecular weight excluding hydrogens is 535 g/mol. The molecule has 0 aromatic heterocycles. The molecule has 35 heavy (non-hydrogen) atoms. The van der Waals surface area contributed by atoms with Crippen LogP contribution in [0.25, 0.3) is 0 Å². The van der Waals surface area contributed by atoms with Crippen LogP contribution in [0.5, 0.6) is 0 Å². The average molecular weight is 593 g/mol. The number of aliphatic carboxylic acids is 1. The van der Waals surface area contributed by atoms with E-state index in [1.54, 1.807) is 18.9 Å². The molecule has 4 unspecified atom stereocenters. The van der Waals surface area contributed by atoms with E-state index in [-0.39, 0.29) is 11.3 Å². The van der Waals surface area contributed by atoms with Crippen molar-refractivity contribution in [1.82, 2.24) is 0 Å². The number of fused-ring (bicyclic) bond motifs is 3. The second-order valence-electron chi connectivity index (χ2n) is 14.1. The minimum atomic E-state index is -0.976. The summed E-state index contributed by atoms with van der Waals surface area (Å²) in [7, 11) is 0. The topological polar surface area (TPSA) is 37.3 Å². The monoisotopic (exact) mass is 593 g/mol. The first-order chi connectivity index (χ1) is 16.2. The summed E-state index contributed by atoms with van der Waals surface area (Å²) in [5.74, 6) is 3.74. The van der Waals surface area contributed by atoms with Crippen molar-refractivity contribution in [3.05, 3.63) is 23.3 Å². The van der Waals surface area contributed by atoms with Crippen LogP contribution in [-0.4, -0.2) is 30.8 Å². The molecule has 3 aliphatic rings. The molecule has 3 heteroatoms. The average Bonchev–Trinajstić information content (AvgIpc) is 2.72. The van der Waals surface area contributed by atoms with Gasteiger partial charge in [0, 0.05) is 0 Å². The molecule has 0 aliphatic heterocycles. The van der Waals surface area contributed by atoms with Crippen molar-refractivity contribution in [2.24, 2.45) is 46.3 Å². The van der Waals surface area contributed by atoms with Gasteiger partial charge in [-0.2, -0.15) is 0 Å². The molecule has 3 aliphatic carbocycles. The molecule has 0 heterocycles. The van der Waals surface area contributed by atoms with Gasteiger partial charge < -0.3 is 5.11 Å². The molecule has 1 N–H and O–H groups in total. The third-order valence-corrected chi connectivity index (χ3v) is 21.1. The summed E-state index contributed by atoms with van der Waals surface area (Å²) < 4.78 is 4.83. The second kappa shape index (κ2) is 13.0. The zero-order valence-electron chi connectivity index (χ0n) is 24.8. The number of hydrogen-bond donors (Lipinski definition) is 1. The van der Waals surface area contributed by atoms with Crippen LogP contribution in [0.1, 0.15) is 108 Å². The van der Waals surface area contributed by atoms with E-state index in [1.807, 2.05) is 6.92 Å². The molecule has 0 saturated heterocycles. The molecule has 4 atom stereocenters. The van der Waals surface area contributed by atoms with Gasteiger partial charge in [0.25, 0.3) is 0 Å². The molecule has 0 spiro atoms. The van der Waals surface area contributed by atoms with E-state index in [2.05, 4.69) is 74.5 Å². The van der Waals surface area contributed by atoms with Gasteiger partial charge in [-0.15, -0.1) is 0 Å². The first-order valence-corrected chi connectivity index (χ1v) is 20.7. The van der Waals surface area contributed by atoms with Gasteiger partial charge in [0.1, 0.15) is 0 Å². The number of rotatable bonds is 8. The normalized spacial score (nSPS) is 30.6. The first-order valence-electron chi connectivity index (χ1n) is 14.7. The summed E-state index contributed by atoms with van der Waals surface area (Å²) in [6.45, 7) is 23.3. The fraction of sp³-hybridized carbons (Fsp3) is 0.844. The Morgan fingerprint density at radius 3 is 1.97 bits per heavy atom. The molecule has 1 saturated carbocycles. The molecule has 0 bridgehead atoms. The molecule has 0 aromatic carbocycles. The van der Waals surface area contributed by atoms with Crippen molar-refractivity contribution in [1.29, 1.82) is 0 Å². The Hall–Kier alpha value is -0.251. The van der Waals surface area contributed by atoms with Gasteiger partial charge in [-0.25, -0.2) is 0 Å². The zero-order valence-corrected chi connectivity index (χ0v) is 27.7. The number of carbonyl (C=O) groups is 1. The maximum atomic E-state index is 11.9. The fourth-order valence-electron chi connectivity index (χ4n) is 7.58. The Labute approximate surface area is 225 Å². The molecule has 201 valence electrons. The number of allylic oxidation sites excluding steroid dienone is 4. The van der Waals surface area contributed by atoms with Gasteiger partial charge in [-0.05, 0) is 67.8 Å². The van der Waals surface area contributed by atoms with Gasteiger partial charge in [-0.1, -0.05) is 44.9 Å². The Bertz CT molecular complexity index is 738. The zero-order chi connectivity index (χ0) is 26.6. The summed E-state index contributed by atoms with van der Waals surface area (Å²) in [6.07, 6.45) is 11.2. The summed E-state index contributed by atoms with van der Waals surface area (Å²) in [5, 5.41) is 9.83. The second-order valence-corrected chi connectivity index (χ2v) is 21.9. The quantitative estimate of drug-likeness (QED) is 0.285. The Morgan fingerprint density at radius 1 is 0.971 bits per heavy atom. The van der Waals surface area contributed by atoms with Crippen LogP contribution in [0.15, 0.2) is 23.3 Å². The van der Waals surface area contributed by atoms with E-state index in [0.717, 1.165) is 37.0 Å². The van der Waals surface area contributed by atoms with Crippen LogP contribution in [0.3, 0.4) is 0 Å². The predicted molar refractivity (Wildman–Crippen MR) is 154 cm³/mol. The minimum absolute atomic E-state index is 0.161. The van der Waals surface area contributed by atoms with Gasteiger partial charge in [-0.3, -0.25) is 4.79 Å². The summed E-state index contributed by atoms with van der Waals surface area (Å²) in [4.78, 5) is 11.9. The van der Waals surface area contributed by atoms with E-state index in [0.29, 0.717) is 11.8 Å². The van der Waals surface area contributed by atoms with Crippen LogP contribution in [0.4, 0.5) is 0 Å². The Kier molecular flexibility index (Phi) is 11.5. The number of hydrogen-bond acceptors (Lipinski definition) is 1. The molecule has 0 amide bonds. The standard InChI is InChI=1S/C20H30O2.3C4H9.Sn/c1-13(2)14-6-8-16-15(12-14)7-9-17-19(16,3)10-5-11-20(17,4)18(21)22;3*1-4(2)3;/h7,12-13,16-17H,5-6,8-11H2,1-4H3,(H,21,22);3*4H,1H2,2-3H3;. The van der Waals surface area contributed by atoms with Gasteiger partial charge in [0.2, 0.25) is 0 Å². The van der Waals surface area contributed by atoms with Crippen LogP contribution in [-0.2, 0) is 4.79 Å². The van der Waals surface area contributed by atoms with E-state index < -0.39 is 31.1 Å². The van der Waals surface area contributed by atoms with Crippen LogP contribution < -0.4 is 0 Å². The van der Waals surface area contributed by atoms with Crippen molar-refractivity contribution < 1.29 is 9.90 Å². The SMILES string of the molecule is CC(C)C1=CC2=CCC3C(C)(C(=O)O)CCCC3(C)C2CC1.CC(C)[CH2][Sn]([CH2]C(C)C)[CH2]C(C)C. The van der Waals surface area contributed by atoms with E-state index in [9.17, 15) is 9.90 Å². The van der Waals surface area contributed by atoms with Crippen molar-refractivity contribution in [3.8, 4) is 0 Å². The van der Waals surface area contributed by atoms with Crippen LogP contribution in [0.2, 0.25) is 13.3 Å². The Balaban J connectivity index is 0.000000287. The van der Waals surface area contributed by atoms with Crippen molar-refractivity contribution >= 4 is 25.7 Å². The third-order valence-electron chi connectivity index (χ3n) is 9.16. The fourth-order valence-corrected chi connectivity index (χ4v) is 18.9. The van der Waals surface area contributed by atoms with E-state index in [1.165, 1.54) is 24.8 Å². The number of carboxylic acids is 1. The Morgan fingerprint density at radius 2 is 1.51 bits per heavy atom. The van der Waals surface area contributed by atoms with Gasteiger partial charge >= 0.3 is 98.3 Å². The first kappa shape index (κ1) is 31.0. The van der Waals surface area contributed by atoms with E-state index in [4.69, 9.17) is 0 Å². The van der Waals surface area contributed by atoms with Crippen LogP contribution in [0, 0.1) is 46.3 Å². The molecule has 1 radical (unpaired) electrons. The maximum absolute atomic E-state index is 11.9. The molecule has 2 nitrogen and oxygen atoms in total. The van der Waals surface area contributed by atoms with Crippen molar-refractivity contribution in [2.45, 2.75) is 121 Å². The van der Waals surface area contributed by atoms with Crippen LogP contribution >= 0.6 is 0 Å². The molecule has 3 rings (SSSR count). The molecule has 1 fully saturated rings. The number of carboxylic acid groups (broad SMARTS) is 1. The summed E-state index contributed by atoms with van der Waals surface area (Å²) >= 11 is -0.976. The summed E-state index contributed by atoms with van der Waals surface area (Å²) in [6, 6.07) is 0. The van der Waals surface area contributed by atoms with Crippen molar-refractivity contribution in [3.63, 3.8) is 0 Å².